The van der Waals surface area contributed by atoms with Gasteiger partial charge in [0.1, 0.15) is 18.6 Å². The molecule has 0 spiro atoms. The summed E-state index contributed by atoms with van der Waals surface area (Å²) in [5.74, 6) is 0.315. The summed E-state index contributed by atoms with van der Waals surface area (Å²) in [5, 5.41) is 7.71. The van der Waals surface area contributed by atoms with E-state index in [1.807, 2.05) is 24.3 Å². The topological polar surface area (TPSA) is 94.4 Å². The Morgan fingerprint density at radius 2 is 2.08 bits per heavy atom. The van der Waals surface area contributed by atoms with E-state index in [4.69, 9.17) is 4.42 Å². The van der Waals surface area contributed by atoms with E-state index in [9.17, 15) is 9.59 Å². The summed E-state index contributed by atoms with van der Waals surface area (Å²) in [6.45, 7) is 0.0913. The molecule has 4 aromatic rings. The number of aromatic nitrogens is 4. The van der Waals surface area contributed by atoms with Crippen LogP contribution in [0.2, 0.25) is 0 Å². The molecule has 8 heteroatoms. The molecule has 3 heterocycles. The normalized spacial score (nSPS) is 11.2. The van der Waals surface area contributed by atoms with Crippen LogP contribution in [0.25, 0.3) is 16.6 Å². The number of benzene rings is 1. The minimum absolute atomic E-state index is 0.171. The van der Waals surface area contributed by atoms with E-state index in [1.54, 1.807) is 12.1 Å². The fourth-order valence-corrected chi connectivity index (χ4v) is 2.50. The highest BCUT2D eigenvalue weighted by Gasteiger charge is 2.13. The highest BCUT2D eigenvalue weighted by atomic mass is 16.3. The summed E-state index contributed by atoms with van der Waals surface area (Å²) in [4.78, 5) is 28.6. The fraction of sp³-hybridized carbons (Fsp3) is 0.125. The molecular weight excluding hydrogens is 310 g/mol. The number of rotatable bonds is 4. The minimum Gasteiger partial charge on any atom is -0.467 e. The zero-order chi connectivity index (χ0) is 16.5. The third-order valence-corrected chi connectivity index (χ3v) is 3.66. The van der Waals surface area contributed by atoms with E-state index in [-0.39, 0.29) is 19.0 Å². The third-order valence-electron chi connectivity index (χ3n) is 3.66. The van der Waals surface area contributed by atoms with Crippen molar-refractivity contribution in [2.45, 2.75) is 13.1 Å². The molecule has 0 aliphatic rings. The number of furan rings is 1. The van der Waals surface area contributed by atoms with Crippen molar-refractivity contribution in [2.75, 3.05) is 0 Å². The van der Waals surface area contributed by atoms with Gasteiger partial charge in [0.15, 0.2) is 5.65 Å². The SMILES string of the molecule is O=C(Cn1nc2c3ccccc3ncn2c1=O)NCc1ccco1. The van der Waals surface area contributed by atoms with Gasteiger partial charge in [0.2, 0.25) is 5.91 Å². The average Bonchev–Trinajstić information content (AvgIpc) is 3.22. The predicted octanol–water partition coefficient (Wildman–Crippen LogP) is 0.954. The number of nitrogens with one attached hydrogen (secondary N) is 1. The number of para-hydroxylation sites is 1. The van der Waals surface area contributed by atoms with Gasteiger partial charge in [-0.2, -0.15) is 0 Å². The first-order valence-corrected chi connectivity index (χ1v) is 7.34. The van der Waals surface area contributed by atoms with Gasteiger partial charge in [-0.05, 0) is 24.3 Å². The lowest BCUT2D eigenvalue weighted by molar-refractivity contribution is -0.122. The Hall–Kier alpha value is -3.42. The molecule has 0 aliphatic heterocycles. The van der Waals surface area contributed by atoms with Crippen LogP contribution in [0.4, 0.5) is 0 Å². The molecule has 0 bridgehead atoms. The molecule has 0 fully saturated rings. The average molecular weight is 323 g/mol. The van der Waals surface area contributed by atoms with Crippen molar-refractivity contribution >= 4 is 22.5 Å². The van der Waals surface area contributed by atoms with Gasteiger partial charge < -0.3 is 9.73 Å². The largest absolute Gasteiger partial charge is 0.467 e. The van der Waals surface area contributed by atoms with E-state index in [2.05, 4.69) is 15.4 Å². The van der Waals surface area contributed by atoms with Crippen LogP contribution in [-0.4, -0.2) is 25.1 Å². The molecule has 1 amide bonds. The Morgan fingerprint density at radius 3 is 2.92 bits per heavy atom. The van der Waals surface area contributed by atoms with Crippen molar-refractivity contribution in [1.82, 2.24) is 24.5 Å². The van der Waals surface area contributed by atoms with Gasteiger partial charge in [-0.25, -0.2) is 18.9 Å². The molecule has 8 nitrogen and oxygen atoms in total. The molecule has 0 saturated carbocycles. The number of nitrogens with zero attached hydrogens (tertiary/aromatic N) is 4. The molecule has 120 valence electrons. The summed E-state index contributed by atoms with van der Waals surface area (Å²) in [6, 6.07) is 10.9. The van der Waals surface area contributed by atoms with Crippen LogP contribution in [0.3, 0.4) is 0 Å². The van der Waals surface area contributed by atoms with Gasteiger partial charge in [0.05, 0.1) is 18.3 Å². The summed E-state index contributed by atoms with van der Waals surface area (Å²) in [7, 11) is 0. The van der Waals surface area contributed by atoms with E-state index in [0.29, 0.717) is 11.4 Å². The highest BCUT2D eigenvalue weighted by molar-refractivity contribution is 5.90. The lowest BCUT2D eigenvalue weighted by atomic mass is 10.2. The van der Waals surface area contributed by atoms with Crippen LogP contribution < -0.4 is 11.0 Å². The van der Waals surface area contributed by atoms with Crippen LogP contribution >= 0.6 is 0 Å². The lowest BCUT2D eigenvalue weighted by Gasteiger charge is -2.02. The molecule has 0 atom stereocenters. The van der Waals surface area contributed by atoms with E-state index >= 15 is 0 Å². The van der Waals surface area contributed by atoms with E-state index in [1.165, 1.54) is 17.0 Å². The summed E-state index contributed by atoms with van der Waals surface area (Å²) in [6.07, 6.45) is 2.95. The monoisotopic (exact) mass is 323 g/mol. The number of carbonyl (C=O) groups is 1. The lowest BCUT2D eigenvalue weighted by Crippen LogP contribution is -2.32. The second-order valence-corrected chi connectivity index (χ2v) is 5.25. The molecule has 4 rings (SSSR count). The van der Waals surface area contributed by atoms with Crippen molar-refractivity contribution in [3.05, 3.63) is 65.2 Å². The third kappa shape index (κ3) is 2.43. The molecule has 24 heavy (non-hydrogen) atoms. The van der Waals surface area contributed by atoms with Crippen molar-refractivity contribution in [3.63, 3.8) is 0 Å². The van der Waals surface area contributed by atoms with Crippen molar-refractivity contribution < 1.29 is 9.21 Å². The Kier molecular flexibility index (Phi) is 3.34. The summed E-state index contributed by atoms with van der Waals surface area (Å²) >= 11 is 0. The zero-order valence-electron chi connectivity index (χ0n) is 12.5. The van der Waals surface area contributed by atoms with Crippen molar-refractivity contribution in [1.29, 1.82) is 0 Å². The number of carbonyl (C=O) groups excluding carboxylic acids is 1. The molecule has 0 aliphatic carbocycles. The predicted molar refractivity (Wildman–Crippen MR) is 85.3 cm³/mol. The molecule has 1 aromatic carbocycles. The fourth-order valence-electron chi connectivity index (χ4n) is 2.50. The first kappa shape index (κ1) is 14.2. The Balaban J connectivity index is 1.62. The van der Waals surface area contributed by atoms with Crippen molar-refractivity contribution in [3.8, 4) is 0 Å². The van der Waals surface area contributed by atoms with Gasteiger partial charge in [0, 0.05) is 5.39 Å². The second-order valence-electron chi connectivity index (χ2n) is 5.25. The van der Waals surface area contributed by atoms with E-state index < -0.39 is 5.69 Å². The highest BCUT2D eigenvalue weighted by Crippen LogP contribution is 2.14. The maximum atomic E-state index is 12.4. The van der Waals surface area contributed by atoms with Crippen LogP contribution in [0.5, 0.6) is 0 Å². The first-order valence-electron chi connectivity index (χ1n) is 7.34. The summed E-state index contributed by atoms with van der Waals surface area (Å²) in [5.41, 5.74) is 0.810. The van der Waals surface area contributed by atoms with Crippen LogP contribution in [0.15, 0.2) is 58.2 Å². The summed E-state index contributed by atoms with van der Waals surface area (Å²) < 4.78 is 7.60. The minimum atomic E-state index is -0.406. The maximum Gasteiger partial charge on any atom is 0.352 e. The Labute approximate surface area is 135 Å². The molecule has 0 saturated heterocycles. The molecule has 0 radical (unpaired) electrons. The smallest absolute Gasteiger partial charge is 0.352 e. The Morgan fingerprint density at radius 1 is 1.21 bits per heavy atom. The van der Waals surface area contributed by atoms with Gasteiger partial charge in [-0.15, -0.1) is 5.10 Å². The number of hydrogen-bond acceptors (Lipinski definition) is 5. The quantitative estimate of drug-likeness (QED) is 0.603. The van der Waals surface area contributed by atoms with Crippen LogP contribution in [0.1, 0.15) is 5.76 Å². The second kappa shape index (κ2) is 5.65. The molecular formula is C16H13N5O3. The van der Waals surface area contributed by atoms with Crippen molar-refractivity contribution in [2.24, 2.45) is 0 Å². The van der Waals surface area contributed by atoms with Gasteiger partial charge in [-0.3, -0.25) is 4.79 Å². The van der Waals surface area contributed by atoms with E-state index in [0.717, 1.165) is 15.6 Å². The maximum absolute atomic E-state index is 12.4. The Bertz CT molecular complexity index is 1080. The molecule has 0 unspecified atom stereocenters. The van der Waals surface area contributed by atoms with Gasteiger partial charge >= 0.3 is 5.69 Å². The zero-order valence-corrected chi connectivity index (χ0v) is 12.5. The molecule has 3 aromatic heterocycles. The molecule has 1 N–H and O–H groups in total. The standard InChI is InChI=1S/C16H13N5O3/c22-14(17-8-11-4-3-7-24-11)9-21-16(23)20-10-18-13-6-2-1-5-12(13)15(20)19-21/h1-7,10H,8-9H2,(H,17,22). The number of amides is 1. The van der Waals surface area contributed by atoms with Crippen LogP contribution in [0, 0.1) is 0 Å². The van der Waals surface area contributed by atoms with Gasteiger partial charge in [-0.1, -0.05) is 12.1 Å². The van der Waals surface area contributed by atoms with Crippen LogP contribution in [-0.2, 0) is 17.9 Å². The van der Waals surface area contributed by atoms with Gasteiger partial charge in [0.25, 0.3) is 0 Å². The number of hydrogen-bond donors (Lipinski definition) is 1. The first-order chi connectivity index (χ1) is 11.7. The number of fused-ring (bicyclic) bond motifs is 3.